The number of aromatic amines is 1. The van der Waals surface area contributed by atoms with E-state index in [4.69, 9.17) is 0 Å². The molecule has 3 heteroatoms. The Morgan fingerprint density at radius 2 is 2.29 bits per heavy atom. The minimum Gasteiger partial charge on any atom is -0.345 e. The minimum absolute atomic E-state index is 0.154. The molecule has 0 fully saturated rings. The van der Waals surface area contributed by atoms with Crippen molar-refractivity contribution < 1.29 is 4.39 Å². The topological polar surface area (TPSA) is 28.7 Å². The van der Waals surface area contributed by atoms with E-state index < -0.39 is 0 Å². The van der Waals surface area contributed by atoms with E-state index in [0.29, 0.717) is 5.52 Å². The zero-order valence-corrected chi connectivity index (χ0v) is 8.34. The average molecular weight is 192 g/mol. The van der Waals surface area contributed by atoms with E-state index >= 15 is 0 Å². The van der Waals surface area contributed by atoms with Crippen molar-refractivity contribution in [1.82, 2.24) is 9.97 Å². The SMILES string of the molecule is CCC(C)c1cc2[nH]cnc2cc1F. The van der Waals surface area contributed by atoms with E-state index in [9.17, 15) is 4.39 Å². The van der Waals surface area contributed by atoms with Crippen LogP contribution in [0.25, 0.3) is 11.0 Å². The molecule has 0 bridgehead atoms. The van der Waals surface area contributed by atoms with E-state index in [1.165, 1.54) is 6.07 Å². The largest absolute Gasteiger partial charge is 0.345 e. The lowest BCUT2D eigenvalue weighted by molar-refractivity contribution is 0.585. The van der Waals surface area contributed by atoms with Gasteiger partial charge in [0.25, 0.3) is 0 Å². The van der Waals surface area contributed by atoms with Crippen LogP contribution < -0.4 is 0 Å². The first-order chi connectivity index (χ1) is 6.72. The maximum atomic E-state index is 13.6. The Morgan fingerprint density at radius 1 is 1.50 bits per heavy atom. The van der Waals surface area contributed by atoms with Crippen LogP contribution in [0.15, 0.2) is 18.5 Å². The van der Waals surface area contributed by atoms with Gasteiger partial charge in [-0.3, -0.25) is 0 Å². The van der Waals surface area contributed by atoms with Gasteiger partial charge in [0.05, 0.1) is 17.4 Å². The highest BCUT2D eigenvalue weighted by Crippen LogP contribution is 2.25. The van der Waals surface area contributed by atoms with Gasteiger partial charge in [0.1, 0.15) is 5.82 Å². The van der Waals surface area contributed by atoms with Crippen molar-refractivity contribution in [3.63, 3.8) is 0 Å². The molecule has 0 saturated heterocycles. The van der Waals surface area contributed by atoms with Crippen LogP contribution in [0.2, 0.25) is 0 Å². The van der Waals surface area contributed by atoms with E-state index in [2.05, 4.69) is 16.9 Å². The number of fused-ring (bicyclic) bond motifs is 1. The van der Waals surface area contributed by atoms with Crippen molar-refractivity contribution in [2.75, 3.05) is 0 Å². The van der Waals surface area contributed by atoms with Gasteiger partial charge >= 0.3 is 0 Å². The first-order valence-electron chi connectivity index (χ1n) is 4.85. The van der Waals surface area contributed by atoms with Gasteiger partial charge in [-0.25, -0.2) is 9.37 Å². The quantitative estimate of drug-likeness (QED) is 0.777. The monoisotopic (exact) mass is 192 g/mol. The van der Waals surface area contributed by atoms with E-state index in [1.807, 2.05) is 13.0 Å². The molecule has 1 heterocycles. The maximum absolute atomic E-state index is 13.6. The minimum atomic E-state index is -0.154. The van der Waals surface area contributed by atoms with Crippen LogP contribution in [0, 0.1) is 5.82 Å². The number of nitrogens with one attached hydrogen (secondary N) is 1. The smallest absolute Gasteiger partial charge is 0.128 e. The highest BCUT2D eigenvalue weighted by atomic mass is 19.1. The maximum Gasteiger partial charge on any atom is 0.128 e. The fourth-order valence-corrected chi connectivity index (χ4v) is 1.57. The average Bonchev–Trinajstić information content (AvgIpc) is 2.62. The number of hydrogen-bond donors (Lipinski definition) is 1. The predicted molar refractivity (Wildman–Crippen MR) is 54.8 cm³/mol. The molecule has 14 heavy (non-hydrogen) atoms. The highest BCUT2D eigenvalue weighted by molar-refractivity contribution is 5.75. The molecule has 1 N–H and O–H groups in total. The van der Waals surface area contributed by atoms with Gasteiger partial charge in [-0.15, -0.1) is 0 Å². The summed E-state index contributed by atoms with van der Waals surface area (Å²) < 4.78 is 13.6. The van der Waals surface area contributed by atoms with Crippen molar-refractivity contribution in [2.24, 2.45) is 0 Å². The second-order valence-corrected chi connectivity index (χ2v) is 3.60. The number of nitrogens with zero attached hydrogens (tertiary/aromatic N) is 1. The Kier molecular flexibility index (Phi) is 2.23. The van der Waals surface area contributed by atoms with Crippen molar-refractivity contribution in [1.29, 1.82) is 0 Å². The number of imidazole rings is 1. The van der Waals surface area contributed by atoms with Crippen LogP contribution in [-0.2, 0) is 0 Å². The summed E-state index contributed by atoms with van der Waals surface area (Å²) in [6.07, 6.45) is 2.53. The van der Waals surface area contributed by atoms with E-state index in [-0.39, 0.29) is 11.7 Å². The van der Waals surface area contributed by atoms with Gasteiger partial charge in [-0.05, 0) is 24.0 Å². The Labute approximate surface area is 82.2 Å². The summed E-state index contributed by atoms with van der Waals surface area (Å²) in [6.45, 7) is 4.09. The Balaban J connectivity index is 2.58. The van der Waals surface area contributed by atoms with Gasteiger partial charge in [-0.1, -0.05) is 13.8 Å². The molecule has 1 unspecified atom stereocenters. The number of H-pyrrole nitrogens is 1. The number of halogens is 1. The van der Waals surface area contributed by atoms with Gasteiger partial charge in [0.2, 0.25) is 0 Å². The molecule has 74 valence electrons. The molecule has 0 aliphatic heterocycles. The Morgan fingerprint density at radius 3 is 3.00 bits per heavy atom. The summed E-state index contributed by atoms with van der Waals surface area (Å²) in [5.41, 5.74) is 2.36. The molecule has 0 spiro atoms. The summed E-state index contributed by atoms with van der Waals surface area (Å²) in [4.78, 5) is 7.00. The standard InChI is InChI=1S/C11H13FN2/c1-3-7(2)8-4-10-11(5-9(8)12)14-6-13-10/h4-7H,3H2,1-2H3,(H,13,14). The first kappa shape index (κ1) is 9.19. The fourth-order valence-electron chi connectivity index (χ4n) is 1.57. The van der Waals surface area contributed by atoms with Gasteiger partial charge in [-0.2, -0.15) is 0 Å². The molecule has 1 atom stereocenters. The summed E-state index contributed by atoms with van der Waals surface area (Å²) in [6, 6.07) is 3.35. The zero-order chi connectivity index (χ0) is 10.1. The molecule has 2 nitrogen and oxygen atoms in total. The van der Waals surface area contributed by atoms with Gasteiger partial charge in [0.15, 0.2) is 0 Å². The summed E-state index contributed by atoms with van der Waals surface area (Å²) in [5.74, 6) is 0.0988. The number of aromatic nitrogens is 2. The summed E-state index contributed by atoms with van der Waals surface area (Å²) in [7, 11) is 0. The van der Waals surface area contributed by atoms with Crippen LogP contribution in [0.3, 0.4) is 0 Å². The van der Waals surface area contributed by atoms with Crippen LogP contribution in [0.1, 0.15) is 31.7 Å². The Bertz CT molecular complexity index is 447. The lowest BCUT2D eigenvalue weighted by Gasteiger charge is -2.09. The molecule has 1 aromatic carbocycles. The van der Waals surface area contributed by atoms with E-state index in [0.717, 1.165) is 17.5 Å². The molecule has 1 aromatic heterocycles. The highest BCUT2D eigenvalue weighted by Gasteiger charge is 2.11. The molecule has 0 saturated carbocycles. The third-order valence-electron chi connectivity index (χ3n) is 2.68. The lowest BCUT2D eigenvalue weighted by atomic mass is 9.98. The second kappa shape index (κ2) is 3.40. The van der Waals surface area contributed by atoms with Crippen molar-refractivity contribution in [3.8, 4) is 0 Å². The van der Waals surface area contributed by atoms with Crippen LogP contribution in [0.4, 0.5) is 4.39 Å². The van der Waals surface area contributed by atoms with Crippen LogP contribution >= 0.6 is 0 Å². The van der Waals surface area contributed by atoms with Gasteiger partial charge < -0.3 is 4.98 Å². The van der Waals surface area contributed by atoms with Crippen molar-refractivity contribution in [2.45, 2.75) is 26.2 Å². The van der Waals surface area contributed by atoms with Gasteiger partial charge in [0, 0.05) is 6.07 Å². The number of hydrogen-bond acceptors (Lipinski definition) is 1. The molecule has 0 radical (unpaired) electrons. The molecular formula is C11H13FN2. The molecule has 0 aliphatic carbocycles. The second-order valence-electron chi connectivity index (χ2n) is 3.60. The van der Waals surface area contributed by atoms with Crippen LogP contribution in [0.5, 0.6) is 0 Å². The normalized spacial score (nSPS) is 13.4. The Hall–Kier alpha value is -1.38. The summed E-state index contributed by atoms with van der Waals surface area (Å²) >= 11 is 0. The zero-order valence-electron chi connectivity index (χ0n) is 8.34. The molecule has 2 rings (SSSR count). The molecule has 0 amide bonds. The van der Waals surface area contributed by atoms with E-state index in [1.54, 1.807) is 6.33 Å². The van der Waals surface area contributed by atoms with Crippen molar-refractivity contribution >= 4 is 11.0 Å². The molecule has 2 aromatic rings. The number of rotatable bonds is 2. The number of benzene rings is 1. The third-order valence-corrected chi connectivity index (χ3v) is 2.68. The predicted octanol–water partition coefficient (Wildman–Crippen LogP) is 3.22. The fraction of sp³-hybridized carbons (Fsp3) is 0.364. The van der Waals surface area contributed by atoms with Crippen LogP contribution in [-0.4, -0.2) is 9.97 Å². The van der Waals surface area contributed by atoms with Crippen molar-refractivity contribution in [3.05, 3.63) is 29.8 Å². The molecule has 0 aliphatic rings. The first-order valence-corrected chi connectivity index (χ1v) is 4.85. The lowest BCUT2D eigenvalue weighted by Crippen LogP contribution is -1.95. The third kappa shape index (κ3) is 1.39. The summed E-state index contributed by atoms with van der Waals surface area (Å²) in [5, 5.41) is 0. The molecular weight excluding hydrogens is 179 g/mol.